The van der Waals surface area contributed by atoms with E-state index in [2.05, 4.69) is 31.0 Å². The van der Waals surface area contributed by atoms with Gasteiger partial charge in [-0.15, -0.1) is 0 Å². The van der Waals surface area contributed by atoms with Gasteiger partial charge in [-0.3, -0.25) is 4.90 Å². The lowest BCUT2D eigenvalue weighted by atomic mass is 9.86. The molecule has 17 heavy (non-hydrogen) atoms. The zero-order valence-corrected chi connectivity index (χ0v) is 11.7. The predicted octanol–water partition coefficient (Wildman–Crippen LogP) is 1.88. The second-order valence-corrected chi connectivity index (χ2v) is 6.21. The molecule has 0 bridgehead atoms. The second-order valence-electron chi connectivity index (χ2n) is 6.21. The smallest absolute Gasteiger partial charge is 0.0619 e. The van der Waals surface area contributed by atoms with Gasteiger partial charge in [-0.1, -0.05) is 13.8 Å². The van der Waals surface area contributed by atoms with Crippen LogP contribution in [0.2, 0.25) is 0 Å². The minimum absolute atomic E-state index is 0.411. The van der Waals surface area contributed by atoms with Crippen molar-refractivity contribution >= 4 is 0 Å². The van der Waals surface area contributed by atoms with Gasteiger partial charge in [0.2, 0.25) is 0 Å². The van der Waals surface area contributed by atoms with Crippen molar-refractivity contribution in [2.24, 2.45) is 5.41 Å². The highest BCUT2D eigenvalue weighted by Crippen LogP contribution is 2.26. The summed E-state index contributed by atoms with van der Waals surface area (Å²) in [6, 6.07) is 1.40. The van der Waals surface area contributed by atoms with Crippen LogP contribution >= 0.6 is 0 Å². The summed E-state index contributed by atoms with van der Waals surface area (Å²) in [4.78, 5) is 2.60. The van der Waals surface area contributed by atoms with Crippen molar-refractivity contribution < 1.29 is 4.74 Å². The quantitative estimate of drug-likeness (QED) is 0.767. The Kier molecular flexibility index (Phi) is 4.45. The number of ether oxygens (including phenoxy) is 1. The normalized spacial score (nSPS) is 30.2. The van der Waals surface area contributed by atoms with E-state index in [9.17, 15) is 0 Å². The molecule has 0 radical (unpaired) electrons. The van der Waals surface area contributed by atoms with Crippen molar-refractivity contribution in [2.45, 2.75) is 52.1 Å². The summed E-state index contributed by atoms with van der Waals surface area (Å²) >= 11 is 0. The highest BCUT2D eigenvalue weighted by atomic mass is 16.5. The Morgan fingerprint density at radius 2 is 2.18 bits per heavy atom. The average Bonchev–Trinajstić information content (AvgIpc) is 3.14. The first-order valence-electron chi connectivity index (χ1n) is 7.18. The summed E-state index contributed by atoms with van der Waals surface area (Å²) in [5.41, 5.74) is 0.411. The fourth-order valence-corrected chi connectivity index (χ4v) is 2.46. The van der Waals surface area contributed by atoms with Gasteiger partial charge >= 0.3 is 0 Å². The minimum Gasteiger partial charge on any atom is -0.379 e. The molecule has 1 N–H and O–H groups in total. The van der Waals surface area contributed by atoms with Gasteiger partial charge in [-0.05, 0) is 31.6 Å². The molecule has 0 amide bonds. The van der Waals surface area contributed by atoms with Gasteiger partial charge in [-0.2, -0.15) is 0 Å². The molecule has 2 aliphatic rings. The van der Waals surface area contributed by atoms with E-state index in [0.717, 1.165) is 32.3 Å². The monoisotopic (exact) mass is 240 g/mol. The van der Waals surface area contributed by atoms with E-state index in [1.165, 1.54) is 25.8 Å². The van der Waals surface area contributed by atoms with Crippen LogP contribution in [-0.4, -0.2) is 49.8 Å². The Balaban J connectivity index is 1.82. The molecule has 2 rings (SSSR count). The van der Waals surface area contributed by atoms with Gasteiger partial charge in [-0.25, -0.2) is 0 Å². The topological polar surface area (TPSA) is 24.5 Å². The van der Waals surface area contributed by atoms with Gasteiger partial charge in [0.25, 0.3) is 0 Å². The number of nitrogens with one attached hydrogen (secondary N) is 1. The Morgan fingerprint density at radius 1 is 1.41 bits per heavy atom. The van der Waals surface area contributed by atoms with Crippen molar-refractivity contribution in [1.82, 2.24) is 10.2 Å². The van der Waals surface area contributed by atoms with E-state index in [1.807, 2.05) is 0 Å². The van der Waals surface area contributed by atoms with Gasteiger partial charge in [0.1, 0.15) is 0 Å². The highest BCUT2D eigenvalue weighted by Gasteiger charge is 2.31. The Morgan fingerprint density at radius 3 is 2.76 bits per heavy atom. The van der Waals surface area contributed by atoms with Crippen LogP contribution in [0.4, 0.5) is 0 Å². The summed E-state index contributed by atoms with van der Waals surface area (Å²) in [7, 11) is 0. The third-order valence-corrected chi connectivity index (χ3v) is 4.34. The molecule has 1 aliphatic heterocycles. The number of hydrogen-bond acceptors (Lipinski definition) is 3. The molecule has 0 aromatic heterocycles. The zero-order chi connectivity index (χ0) is 12.3. The standard InChI is InChI=1S/C14H28N2O/c1-4-14(3,10-15-13-5-6-13)11-16-7-8-17-9-12(16)2/h12-13,15H,4-11H2,1-3H3. The number of nitrogens with zero attached hydrogens (tertiary/aromatic N) is 1. The highest BCUT2D eigenvalue weighted by molar-refractivity contribution is 4.88. The first-order chi connectivity index (χ1) is 8.13. The maximum atomic E-state index is 5.51. The van der Waals surface area contributed by atoms with Gasteiger partial charge < -0.3 is 10.1 Å². The van der Waals surface area contributed by atoms with Crippen LogP contribution in [0.5, 0.6) is 0 Å². The molecule has 0 aromatic carbocycles. The first-order valence-corrected chi connectivity index (χ1v) is 7.18. The third kappa shape index (κ3) is 3.94. The molecule has 2 atom stereocenters. The summed E-state index contributed by atoms with van der Waals surface area (Å²) in [6.07, 6.45) is 4.01. The average molecular weight is 240 g/mol. The van der Waals surface area contributed by atoms with Crippen molar-refractivity contribution in [1.29, 1.82) is 0 Å². The number of hydrogen-bond donors (Lipinski definition) is 1. The van der Waals surface area contributed by atoms with Crippen LogP contribution in [0.25, 0.3) is 0 Å². The maximum absolute atomic E-state index is 5.51. The Hall–Kier alpha value is -0.120. The molecule has 2 unspecified atom stereocenters. The van der Waals surface area contributed by atoms with Gasteiger partial charge in [0, 0.05) is 31.7 Å². The summed E-state index contributed by atoms with van der Waals surface area (Å²) < 4.78 is 5.51. The molecule has 1 heterocycles. The van der Waals surface area contributed by atoms with Gasteiger partial charge in [0.15, 0.2) is 0 Å². The van der Waals surface area contributed by atoms with E-state index in [0.29, 0.717) is 11.5 Å². The second kappa shape index (κ2) is 5.68. The molecule has 3 heteroatoms. The molecule has 0 aromatic rings. The predicted molar refractivity (Wildman–Crippen MR) is 71.3 cm³/mol. The van der Waals surface area contributed by atoms with Crippen LogP contribution < -0.4 is 5.32 Å². The lowest BCUT2D eigenvalue weighted by Crippen LogP contribution is -2.50. The summed E-state index contributed by atoms with van der Waals surface area (Å²) in [5, 5.41) is 3.69. The first kappa shape index (κ1) is 13.3. The molecular weight excluding hydrogens is 212 g/mol. The lowest BCUT2D eigenvalue weighted by molar-refractivity contribution is -0.0187. The van der Waals surface area contributed by atoms with E-state index in [1.54, 1.807) is 0 Å². The van der Waals surface area contributed by atoms with E-state index in [4.69, 9.17) is 4.74 Å². The third-order valence-electron chi connectivity index (χ3n) is 4.34. The van der Waals surface area contributed by atoms with E-state index >= 15 is 0 Å². The van der Waals surface area contributed by atoms with Crippen LogP contribution in [0, 0.1) is 5.41 Å². The van der Waals surface area contributed by atoms with Crippen molar-refractivity contribution in [2.75, 3.05) is 32.8 Å². The molecule has 100 valence electrons. The van der Waals surface area contributed by atoms with Crippen LogP contribution in [0.1, 0.15) is 40.0 Å². The minimum atomic E-state index is 0.411. The van der Waals surface area contributed by atoms with Crippen molar-refractivity contribution in [3.05, 3.63) is 0 Å². The van der Waals surface area contributed by atoms with Crippen LogP contribution in [0.15, 0.2) is 0 Å². The molecule has 1 saturated carbocycles. The lowest BCUT2D eigenvalue weighted by Gasteiger charge is -2.40. The van der Waals surface area contributed by atoms with E-state index < -0.39 is 0 Å². The van der Waals surface area contributed by atoms with Crippen molar-refractivity contribution in [3.8, 4) is 0 Å². The van der Waals surface area contributed by atoms with Crippen molar-refractivity contribution in [3.63, 3.8) is 0 Å². The summed E-state index contributed by atoms with van der Waals surface area (Å²) in [5.74, 6) is 0. The molecule has 1 saturated heterocycles. The Labute approximate surface area is 106 Å². The zero-order valence-electron chi connectivity index (χ0n) is 11.7. The van der Waals surface area contributed by atoms with Gasteiger partial charge in [0.05, 0.1) is 13.2 Å². The Bertz CT molecular complexity index is 242. The SMILES string of the molecule is CCC(C)(CNC1CC1)CN1CCOCC1C. The molecular formula is C14H28N2O. The van der Waals surface area contributed by atoms with Crippen LogP contribution in [0.3, 0.4) is 0 Å². The molecule has 3 nitrogen and oxygen atoms in total. The van der Waals surface area contributed by atoms with E-state index in [-0.39, 0.29) is 0 Å². The largest absolute Gasteiger partial charge is 0.379 e. The molecule has 0 spiro atoms. The number of morpholine rings is 1. The fourth-order valence-electron chi connectivity index (χ4n) is 2.46. The maximum Gasteiger partial charge on any atom is 0.0619 e. The molecule has 2 fully saturated rings. The van der Waals surface area contributed by atoms with Crippen LogP contribution in [-0.2, 0) is 4.74 Å². The fraction of sp³-hybridized carbons (Fsp3) is 1.00. The summed E-state index contributed by atoms with van der Waals surface area (Å²) in [6.45, 7) is 12.3. The molecule has 1 aliphatic carbocycles. The number of rotatable bonds is 6.